The first kappa shape index (κ1) is 14.9. The van der Waals surface area contributed by atoms with Crippen LogP contribution in [0.5, 0.6) is 0 Å². The Morgan fingerprint density at radius 2 is 1.90 bits per heavy atom. The van der Waals surface area contributed by atoms with Gasteiger partial charge in [0.25, 0.3) is 5.70 Å². The van der Waals surface area contributed by atoms with Gasteiger partial charge in [0.05, 0.1) is 20.6 Å². The summed E-state index contributed by atoms with van der Waals surface area (Å²) in [5.41, 5.74) is 1.31. The van der Waals surface area contributed by atoms with Crippen LogP contribution >= 0.6 is 0 Å². The van der Waals surface area contributed by atoms with E-state index in [9.17, 15) is 14.3 Å². The minimum Gasteiger partial charge on any atom is -0.259 e. The van der Waals surface area contributed by atoms with Gasteiger partial charge in [0, 0.05) is 12.2 Å². The summed E-state index contributed by atoms with van der Waals surface area (Å²) in [7, 11) is -1.25. The van der Waals surface area contributed by atoms with Crippen molar-refractivity contribution in [3.8, 4) is 0 Å². The molecule has 0 spiro atoms. The molecule has 0 amide bonds. The largest absolute Gasteiger partial charge is 0.259 e. The molecule has 5 heteroatoms. The highest BCUT2D eigenvalue weighted by Crippen LogP contribution is 2.29. The Kier molecular flexibility index (Phi) is 5.06. The van der Waals surface area contributed by atoms with Gasteiger partial charge in [-0.1, -0.05) is 37.3 Å². The van der Waals surface area contributed by atoms with E-state index in [0.29, 0.717) is 23.5 Å². The van der Waals surface area contributed by atoms with E-state index in [1.807, 2.05) is 37.3 Å². The number of allylic oxidation sites excluding steroid dienone is 2. The maximum atomic E-state index is 12.4. The molecule has 2 atom stereocenters. The molecule has 1 aliphatic rings. The van der Waals surface area contributed by atoms with Crippen molar-refractivity contribution >= 4 is 10.8 Å². The third kappa shape index (κ3) is 3.54. The standard InChI is InChI=1S/C15H19NO3S/c1-12(13-7-3-2-4-8-13)11-20(19)15-10-6-5-9-14(15)16(17)18/h2-4,7-8,12H,5-6,9-11H2,1H3/t12-,20?/m1/s1. The fourth-order valence-corrected chi connectivity index (χ4v) is 4.16. The predicted molar refractivity (Wildman–Crippen MR) is 80.4 cm³/mol. The van der Waals surface area contributed by atoms with Crippen LogP contribution in [0.15, 0.2) is 40.9 Å². The van der Waals surface area contributed by atoms with Gasteiger partial charge in [-0.2, -0.15) is 0 Å². The summed E-state index contributed by atoms with van der Waals surface area (Å²) in [5, 5.41) is 11.0. The number of nitrogens with zero attached hydrogens (tertiary/aromatic N) is 1. The average molecular weight is 293 g/mol. The Balaban J connectivity index is 2.13. The van der Waals surface area contributed by atoms with Crippen molar-refractivity contribution in [1.82, 2.24) is 0 Å². The highest BCUT2D eigenvalue weighted by molar-refractivity contribution is 7.89. The minimum absolute atomic E-state index is 0.138. The fourth-order valence-electron chi connectivity index (χ4n) is 2.51. The first-order valence-corrected chi connectivity index (χ1v) is 8.21. The molecule has 0 saturated heterocycles. The van der Waals surface area contributed by atoms with E-state index >= 15 is 0 Å². The van der Waals surface area contributed by atoms with Gasteiger partial charge in [0.1, 0.15) is 0 Å². The zero-order valence-electron chi connectivity index (χ0n) is 11.6. The summed E-state index contributed by atoms with van der Waals surface area (Å²) in [6.07, 6.45) is 2.78. The highest BCUT2D eigenvalue weighted by atomic mass is 32.2. The minimum atomic E-state index is -1.25. The summed E-state index contributed by atoms with van der Waals surface area (Å²) in [6.45, 7) is 2.02. The molecular formula is C15H19NO3S. The van der Waals surface area contributed by atoms with E-state index in [1.165, 1.54) is 0 Å². The molecule has 108 valence electrons. The summed E-state index contributed by atoms with van der Waals surface area (Å²) >= 11 is 0. The molecule has 2 rings (SSSR count). The normalized spacial score (nSPS) is 18.6. The van der Waals surface area contributed by atoms with E-state index in [1.54, 1.807) is 0 Å². The molecule has 1 aliphatic carbocycles. The zero-order valence-corrected chi connectivity index (χ0v) is 12.4. The molecule has 0 bridgehead atoms. The molecule has 0 fully saturated rings. The number of hydrogen-bond acceptors (Lipinski definition) is 3. The molecule has 0 radical (unpaired) electrons. The summed E-state index contributed by atoms with van der Waals surface area (Å²) in [5.74, 6) is 0.593. The average Bonchev–Trinajstić information content (AvgIpc) is 2.48. The van der Waals surface area contributed by atoms with Crippen LogP contribution < -0.4 is 0 Å². The molecule has 0 saturated carbocycles. The predicted octanol–water partition coefficient (Wildman–Crippen LogP) is 3.60. The lowest BCUT2D eigenvalue weighted by Gasteiger charge is -2.16. The van der Waals surface area contributed by atoms with Crippen molar-refractivity contribution in [3.63, 3.8) is 0 Å². The van der Waals surface area contributed by atoms with Crippen molar-refractivity contribution in [2.24, 2.45) is 0 Å². The molecule has 4 nitrogen and oxygen atoms in total. The van der Waals surface area contributed by atoms with Crippen LogP contribution in [0.1, 0.15) is 44.1 Å². The molecule has 20 heavy (non-hydrogen) atoms. The molecule has 0 aromatic heterocycles. The molecule has 1 aromatic rings. The Morgan fingerprint density at radius 1 is 1.25 bits per heavy atom. The number of benzene rings is 1. The number of rotatable bonds is 5. The van der Waals surface area contributed by atoms with Gasteiger partial charge in [-0.05, 0) is 30.7 Å². The van der Waals surface area contributed by atoms with Crippen molar-refractivity contribution < 1.29 is 9.13 Å². The SMILES string of the molecule is C[C@H](CS(=O)C1=C([N+](=O)[O-])CCCC1)c1ccccc1. The Labute approximate surface area is 121 Å². The third-order valence-corrected chi connectivity index (χ3v) is 5.45. The summed E-state index contributed by atoms with van der Waals surface area (Å²) < 4.78 is 12.4. The Hall–Kier alpha value is -1.49. The second kappa shape index (κ2) is 6.79. The van der Waals surface area contributed by atoms with Gasteiger partial charge in [-0.25, -0.2) is 0 Å². The van der Waals surface area contributed by atoms with Gasteiger partial charge in [-0.3, -0.25) is 14.3 Å². The molecule has 0 aliphatic heterocycles. The smallest absolute Gasteiger partial charge is 0.258 e. The highest BCUT2D eigenvalue weighted by Gasteiger charge is 2.27. The van der Waals surface area contributed by atoms with Gasteiger partial charge in [-0.15, -0.1) is 0 Å². The van der Waals surface area contributed by atoms with Crippen LogP contribution in [0, 0.1) is 10.1 Å². The van der Waals surface area contributed by atoms with Crippen LogP contribution in [0.2, 0.25) is 0 Å². The van der Waals surface area contributed by atoms with Crippen LogP contribution in [-0.4, -0.2) is 14.9 Å². The van der Waals surface area contributed by atoms with Crippen LogP contribution in [0.25, 0.3) is 0 Å². The lowest BCUT2D eigenvalue weighted by Crippen LogP contribution is -2.15. The summed E-state index contributed by atoms with van der Waals surface area (Å²) in [6, 6.07) is 9.87. The number of hydrogen-bond donors (Lipinski definition) is 0. The third-order valence-electron chi connectivity index (χ3n) is 3.65. The number of nitro groups is 1. The van der Waals surface area contributed by atoms with Crippen molar-refractivity contribution in [3.05, 3.63) is 56.6 Å². The van der Waals surface area contributed by atoms with E-state index in [4.69, 9.17) is 0 Å². The fraction of sp³-hybridized carbons (Fsp3) is 0.467. The first-order valence-electron chi connectivity index (χ1n) is 6.89. The van der Waals surface area contributed by atoms with E-state index in [0.717, 1.165) is 18.4 Å². The monoisotopic (exact) mass is 293 g/mol. The lowest BCUT2D eigenvalue weighted by molar-refractivity contribution is -0.429. The topological polar surface area (TPSA) is 60.2 Å². The van der Waals surface area contributed by atoms with E-state index in [2.05, 4.69) is 0 Å². The quantitative estimate of drug-likeness (QED) is 0.615. The van der Waals surface area contributed by atoms with Gasteiger partial charge in [0.2, 0.25) is 0 Å². The Bertz CT molecular complexity index is 539. The molecular weight excluding hydrogens is 274 g/mol. The first-order chi connectivity index (χ1) is 9.59. The maximum absolute atomic E-state index is 12.4. The second-order valence-electron chi connectivity index (χ2n) is 5.16. The maximum Gasteiger partial charge on any atom is 0.258 e. The Morgan fingerprint density at radius 3 is 2.55 bits per heavy atom. The molecule has 1 unspecified atom stereocenters. The van der Waals surface area contributed by atoms with Gasteiger partial charge < -0.3 is 0 Å². The van der Waals surface area contributed by atoms with Crippen LogP contribution in [0.3, 0.4) is 0 Å². The zero-order chi connectivity index (χ0) is 14.5. The van der Waals surface area contributed by atoms with Crippen LogP contribution in [-0.2, 0) is 10.8 Å². The van der Waals surface area contributed by atoms with Crippen molar-refractivity contribution in [1.29, 1.82) is 0 Å². The summed E-state index contributed by atoms with van der Waals surface area (Å²) in [4.78, 5) is 11.2. The van der Waals surface area contributed by atoms with E-state index < -0.39 is 10.8 Å². The van der Waals surface area contributed by atoms with Gasteiger partial charge >= 0.3 is 0 Å². The second-order valence-corrected chi connectivity index (χ2v) is 6.68. The van der Waals surface area contributed by atoms with E-state index in [-0.39, 0.29) is 16.5 Å². The van der Waals surface area contributed by atoms with Gasteiger partial charge in [0.15, 0.2) is 0 Å². The van der Waals surface area contributed by atoms with Crippen molar-refractivity contribution in [2.45, 2.75) is 38.5 Å². The lowest BCUT2D eigenvalue weighted by atomic mass is 10.0. The van der Waals surface area contributed by atoms with Crippen LogP contribution in [0.4, 0.5) is 0 Å². The molecule has 0 heterocycles. The molecule has 0 N–H and O–H groups in total. The molecule has 1 aromatic carbocycles. The van der Waals surface area contributed by atoms with Crippen molar-refractivity contribution in [2.75, 3.05) is 5.75 Å².